The maximum Gasteiger partial charge on any atom is 0 e. The molecule has 0 saturated carbocycles. The van der Waals surface area contributed by atoms with E-state index in [-0.39, 0.29) is 117 Å². The van der Waals surface area contributed by atoms with E-state index in [1.807, 2.05) is 0 Å². The molecular formula is HfMoNbTaTiWZr. The number of hydrogen-bond acceptors (Lipinski definition) is 0. The van der Waals surface area contributed by atoms with Gasteiger partial charge in [-0.15, -0.1) is 0 Å². The van der Waals surface area contributed by atoms with Gasteiger partial charge in [0.25, 0.3) is 0 Å². The fourth-order valence-corrected chi connectivity index (χ4v) is 0. The van der Waals surface area contributed by atoms with Gasteiger partial charge in [0, 0.05) is 117 Å². The molecule has 0 N–H and O–H groups in total. The Kier molecular flexibility index (Phi) is 240. The van der Waals surface area contributed by atoms with E-state index in [1.54, 1.807) is 0 Å². The third-order valence-electron chi connectivity index (χ3n) is 0. The van der Waals surface area contributed by atoms with Crippen LogP contribution in [0.3, 0.4) is 0 Å². The first-order valence-electron chi connectivity index (χ1n) is 0.183. The van der Waals surface area contributed by atoms with Crippen LogP contribution >= 0.6 is 0 Å². The van der Waals surface area contributed by atoms with E-state index >= 15 is 0 Å². The Balaban J connectivity index is -0.000000000500. The maximum absolute atomic E-state index is 2.06. The van der Waals surface area contributed by atoms with Gasteiger partial charge in [-0.1, -0.05) is 0 Å². The van der Waals surface area contributed by atoms with E-state index < -0.39 is 0 Å². The van der Waals surface area contributed by atoms with E-state index in [1.165, 1.54) is 18.0 Å². The molecular weight excluding hydrogens is 871 g/mol. The van der Waals surface area contributed by atoms with Crippen LogP contribution in [-0.4, -0.2) is 0 Å². The predicted octanol–water partition coefficient (Wildman–Crippen LogP) is -0.0175. The topological polar surface area (TPSA) is 0 Å². The van der Waals surface area contributed by atoms with Gasteiger partial charge in [0.1, 0.15) is 0 Å². The zero-order valence-electron chi connectivity index (χ0n) is 3.21. The summed E-state index contributed by atoms with van der Waals surface area (Å²) in [5.74, 6) is 0. The van der Waals surface area contributed by atoms with Gasteiger partial charge in [-0.2, -0.15) is 0 Å². The van der Waals surface area contributed by atoms with Crippen LogP contribution in [0.15, 0.2) is 0 Å². The minimum atomic E-state index is 0. The molecule has 0 rings (SSSR count). The summed E-state index contributed by atoms with van der Waals surface area (Å²) in [5.41, 5.74) is 0. The molecule has 7 heteroatoms. The molecule has 34 valence electrons. The van der Waals surface area contributed by atoms with Crippen molar-refractivity contribution in [3.8, 4) is 0 Å². The Morgan fingerprint density at radius 1 is 1.14 bits per heavy atom. The Morgan fingerprint density at radius 3 is 1.14 bits per heavy atom. The molecule has 0 spiro atoms. The van der Waals surface area contributed by atoms with Crippen molar-refractivity contribution in [2.24, 2.45) is 0 Å². The van der Waals surface area contributed by atoms with Gasteiger partial charge in [-0.05, 0) is 0 Å². The molecule has 0 aromatic carbocycles. The van der Waals surface area contributed by atoms with Crippen LogP contribution in [-0.2, 0) is 152 Å². The maximum atomic E-state index is 2.06. The van der Waals surface area contributed by atoms with Crippen LogP contribution in [0, 0.1) is 0 Å². The monoisotopic (exact) mass is 874 g/mol. The van der Waals surface area contributed by atoms with Gasteiger partial charge in [-0.25, -0.2) is 0 Å². The summed E-state index contributed by atoms with van der Waals surface area (Å²) < 4.78 is 0. The molecule has 0 bridgehead atoms. The molecule has 0 fully saturated rings. The van der Waals surface area contributed by atoms with Crippen LogP contribution in [0.25, 0.3) is 0 Å². The van der Waals surface area contributed by atoms with Gasteiger partial charge >= 0.3 is 34.5 Å². The average Bonchev–Trinajstić information content (AvgIpc) is 1.00. The van der Waals surface area contributed by atoms with Crippen molar-refractivity contribution in [2.75, 3.05) is 0 Å². The first-order valence-corrected chi connectivity index (χ1v) is 8.84. The first-order chi connectivity index (χ1) is 1.00. The molecule has 0 amide bonds. The number of rotatable bonds is 0. The molecule has 0 aliphatic heterocycles. The van der Waals surface area contributed by atoms with E-state index in [9.17, 15) is 0 Å². The largest absolute Gasteiger partial charge is 0 e. The van der Waals surface area contributed by atoms with E-state index in [2.05, 4.69) is 16.5 Å². The second-order valence-corrected chi connectivity index (χ2v) is 0. The smallest absolute Gasteiger partial charge is 0 e. The van der Waals surface area contributed by atoms with Gasteiger partial charge in [0.05, 0.1) is 0 Å². The predicted molar refractivity (Wildman–Crippen MR) is 0 cm³/mol. The molecule has 0 aromatic heterocycles. The van der Waals surface area contributed by atoms with Crippen molar-refractivity contribution in [1.82, 2.24) is 0 Å². The normalized spacial score (nSPS) is 0.571. The van der Waals surface area contributed by atoms with Crippen LogP contribution in [0.1, 0.15) is 0 Å². The zero-order valence-corrected chi connectivity index (χ0v) is 21.2. The quantitative estimate of drug-likeness (QED) is 0.301. The molecule has 0 aliphatic carbocycles. The van der Waals surface area contributed by atoms with Crippen LogP contribution in [0.4, 0.5) is 0 Å². The fourth-order valence-electron chi connectivity index (χ4n) is 0. The van der Waals surface area contributed by atoms with Crippen molar-refractivity contribution in [3.63, 3.8) is 0 Å². The van der Waals surface area contributed by atoms with Crippen LogP contribution in [0.2, 0.25) is 0 Å². The molecule has 0 aliphatic rings. The van der Waals surface area contributed by atoms with E-state index in [0.717, 1.165) is 0 Å². The van der Waals surface area contributed by atoms with Crippen molar-refractivity contribution in [2.45, 2.75) is 0 Å². The summed E-state index contributed by atoms with van der Waals surface area (Å²) in [6, 6.07) is 0. The second-order valence-electron chi connectivity index (χ2n) is 0. The summed E-state index contributed by atoms with van der Waals surface area (Å²) in [6.45, 7) is 0. The van der Waals surface area contributed by atoms with Crippen molar-refractivity contribution >= 4 is 0 Å². The zero-order chi connectivity index (χ0) is 2.00. The summed E-state index contributed by atoms with van der Waals surface area (Å²) in [4.78, 5) is 0. The Labute approximate surface area is 148 Å². The molecule has 0 atom stereocenters. The van der Waals surface area contributed by atoms with E-state index in [4.69, 9.17) is 0 Å². The van der Waals surface area contributed by atoms with Gasteiger partial charge in [-0.3, -0.25) is 0 Å². The third-order valence-corrected chi connectivity index (χ3v) is 0. The molecule has 0 saturated heterocycles. The van der Waals surface area contributed by atoms with Crippen LogP contribution in [0.5, 0.6) is 0 Å². The number of hydrogen-bond donors (Lipinski definition) is 0. The Morgan fingerprint density at radius 2 is 1.14 bits per heavy atom. The van der Waals surface area contributed by atoms with Gasteiger partial charge in [0.2, 0.25) is 0 Å². The molecule has 0 unspecified atom stereocenters. The van der Waals surface area contributed by atoms with Crippen molar-refractivity contribution in [1.29, 1.82) is 0 Å². The van der Waals surface area contributed by atoms with Crippen molar-refractivity contribution in [3.05, 3.63) is 0 Å². The Hall–Kier alpha value is 5.32. The minimum absolute atomic E-state index is 0. The summed E-state index contributed by atoms with van der Waals surface area (Å²) in [7, 11) is 0. The van der Waals surface area contributed by atoms with E-state index in [0.29, 0.717) is 0 Å². The first kappa shape index (κ1) is 39.5. The minimum Gasteiger partial charge on any atom is 0 e. The average molecular weight is 871 g/mol. The summed E-state index contributed by atoms with van der Waals surface area (Å²) in [6.07, 6.45) is 0. The Bertz CT molecular complexity index is 19.7. The van der Waals surface area contributed by atoms with Crippen molar-refractivity contribution < 1.29 is 152 Å². The van der Waals surface area contributed by atoms with Crippen LogP contribution < -0.4 is 0 Å². The molecule has 0 heterocycles. The van der Waals surface area contributed by atoms with Gasteiger partial charge < -0.3 is 0 Å². The third kappa shape index (κ3) is 34.7. The fraction of sp³-hybridized carbons (Fsp3) is 0. The molecule has 0 aromatic rings. The standard InChI is InChI=1S/Hf.Mo.Nb.Ta.Ti.W.Zr. The molecule has 7 heavy (non-hydrogen) atoms. The summed E-state index contributed by atoms with van der Waals surface area (Å²) in [5, 5.41) is 0. The van der Waals surface area contributed by atoms with Gasteiger partial charge in [0.15, 0.2) is 0 Å². The summed E-state index contributed by atoms with van der Waals surface area (Å²) >= 11 is 3.52. The molecule has 1 radical (unpaired) electrons. The SMILES string of the molecule is [Hf].[Mo][Ta].[Nb].[Ti].[W].[Zr]. The second kappa shape index (κ2) is 42.6. The molecule has 0 nitrogen and oxygen atoms in total.